The molecule has 0 radical (unpaired) electrons. The van der Waals surface area contributed by atoms with Crippen LogP contribution in [0.1, 0.15) is 35.9 Å². The van der Waals surface area contributed by atoms with E-state index in [0.717, 1.165) is 24.2 Å². The van der Waals surface area contributed by atoms with Crippen LogP contribution in [-0.4, -0.2) is 23.4 Å². The molecule has 1 heterocycles. The van der Waals surface area contributed by atoms with E-state index in [1.165, 1.54) is 4.88 Å². The number of nitrogens with one attached hydrogen (secondary N) is 1. The second-order valence-electron chi connectivity index (χ2n) is 6.58. The molecule has 0 saturated heterocycles. The van der Waals surface area contributed by atoms with E-state index in [-0.39, 0.29) is 18.0 Å². The fourth-order valence-corrected chi connectivity index (χ4v) is 3.93. The highest BCUT2D eigenvalue weighted by Gasteiger charge is 2.24. The molecule has 0 saturated carbocycles. The van der Waals surface area contributed by atoms with Crippen molar-refractivity contribution in [3.63, 3.8) is 0 Å². The number of nitrogens with zero attached hydrogens (tertiary/aromatic N) is 1. The Morgan fingerprint density at radius 2 is 1.56 bits per heavy atom. The van der Waals surface area contributed by atoms with Crippen molar-refractivity contribution in [1.82, 2.24) is 10.2 Å². The van der Waals surface area contributed by atoms with E-state index in [9.17, 15) is 4.79 Å². The number of carbonyl (C=O) groups excluding carboxylic acids is 1. The van der Waals surface area contributed by atoms with Gasteiger partial charge in [0.05, 0.1) is 12.1 Å². The zero-order valence-corrected chi connectivity index (χ0v) is 16.7. The molecule has 3 aromatic rings. The molecule has 2 aromatic carbocycles. The lowest BCUT2D eigenvalue weighted by molar-refractivity contribution is -0.126. The highest BCUT2D eigenvalue weighted by Crippen LogP contribution is 2.22. The Bertz CT molecular complexity index is 779. The van der Waals surface area contributed by atoms with Crippen molar-refractivity contribution in [2.75, 3.05) is 6.54 Å². The molecular weight excluding hydrogens is 352 g/mol. The number of carbonyl (C=O) groups is 1. The van der Waals surface area contributed by atoms with Gasteiger partial charge in [-0.3, -0.25) is 9.69 Å². The molecule has 1 atom stereocenters. The fourth-order valence-electron chi connectivity index (χ4n) is 3.20. The number of rotatable bonds is 8. The number of hydrogen-bond donors (Lipinski definition) is 1. The quantitative estimate of drug-likeness (QED) is 0.607. The molecular formula is C23H26N2OS. The largest absolute Gasteiger partial charge is 0.344 e. The second kappa shape index (κ2) is 9.49. The molecule has 0 aliphatic carbocycles. The number of benzene rings is 2. The third-order valence-electron chi connectivity index (χ3n) is 4.82. The van der Waals surface area contributed by atoms with Crippen molar-refractivity contribution in [1.29, 1.82) is 0 Å². The van der Waals surface area contributed by atoms with Crippen molar-refractivity contribution < 1.29 is 4.79 Å². The monoisotopic (exact) mass is 378 g/mol. The van der Waals surface area contributed by atoms with Gasteiger partial charge in [-0.05, 0) is 36.0 Å². The first-order valence-electron chi connectivity index (χ1n) is 9.35. The van der Waals surface area contributed by atoms with Gasteiger partial charge >= 0.3 is 0 Å². The third-order valence-corrected chi connectivity index (χ3v) is 5.69. The first-order chi connectivity index (χ1) is 13.2. The third kappa shape index (κ3) is 5.06. The van der Waals surface area contributed by atoms with E-state index in [1.807, 2.05) is 43.3 Å². The highest BCUT2D eigenvalue weighted by atomic mass is 32.1. The highest BCUT2D eigenvalue weighted by molar-refractivity contribution is 7.09. The Balaban J connectivity index is 1.77. The van der Waals surface area contributed by atoms with Gasteiger partial charge in [0.2, 0.25) is 5.91 Å². The molecule has 3 rings (SSSR count). The van der Waals surface area contributed by atoms with Crippen LogP contribution in [0.3, 0.4) is 0 Å². The summed E-state index contributed by atoms with van der Waals surface area (Å²) < 4.78 is 0. The van der Waals surface area contributed by atoms with Crippen molar-refractivity contribution in [3.05, 3.63) is 94.2 Å². The topological polar surface area (TPSA) is 32.3 Å². The minimum atomic E-state index is -0.202. The minimum Gasteiger partial charge on any atom is -0.344 e. The number of likely N-dealkylation sites (N-methyl/N-ethyl adjacent to an activating group) is 1. The lowest BCUT2D eigenvalue weighted by Crippen LogP contribution is -2.45. The number of hydrogen-bond acceptors (Lipinski definition) is 3. The summed E-state index contributed by atoms with van der Waals surface area (Å²) in [5, 5.41) is 5.34. The number of amides is 1. The van der Waals surface area contributed by atoms with E-state index in [0.29, 0.717) is 0 Å². The molecule has 0 bridgehead atoms. The molecule has 4 heteroatoms. The van der Waals surface area contributed by atoms with Crippen LogP contribution in [0, 0.1) is 0 Å². The van der Waals surface area contributed by atoms with Crippen molar-refractivity contribution >= 4 is 17.2 Å². The molecule has 0 fully saturated rings. The zero-order chi connectivity index (χ0) is 19.1. The molecule has 3 nitrogen and oxygen atoms in total. The van der Waals surface area contributed by atoms with Crippen LogP contribution in [-0.2, 0) is 11.3 Å². The molecule has 1 aromatic heterocycles. The Morgan fingerprint density at radius 1 is 0.963 bits per heavy atom. The maximum absolute atomic E-state index is 13.1. The van der Waals surface area contributed by atoms with Crippen LogP contribution in [0.5, 0.6) is 0 Å². The van der Waals surface area contributed by atoms with Crippen LogP contribution in [0.4, 0.5) is 0 Å². The van der Waals surface area contributed by atoms with Crippen LogP contribution in [0.25, 0.3) is 0 Å². The van der Waals surface area contributed by atoms with Gasteiger partial charge in [0.15, 0.2) is 0 Å². The van der Waals surface area contributed by atoms with Gasteiger partial charge < -0.3 is 5.32 Å². The van der Waals surface area contributed by atoms with Crippen molar-refractivity contribution in [2.45, 2.75) is 32.5 Å². The van der Waals surface area contributed by atoms with Crippen LogP contribution in [0.2, 0.25) is 0 Å². The summed E-state index contributed by atoms with van der Waals surface area (Å²) >= 11 is 1.73. The van der Waals surface area contributed by atoms with E-state index in [2.05, 4.69) is 58.9 Å². The molecule has 0 aliphatic heterocycles. The molecule has 140 valence electrons. The summed E-state index contributed by atoms with van der Waals surface area (Å²) in [6.07, 6.45) is 0. The maximum Gasteiger partial charge on any atom is 0.237 e. The Hall–Kier alpha value is -2.43. The summed E-state index contributed by atoms with van der Waals surface area (Å²) in [5.41, 5.74) is 2.18. The Kier molecular flexibility index (Phi) is 6.80. The Morgan fingerprint density at radius 3 is 2.04 bits per heavy atom. The molecule has 1 N–H and O–H groups in total. The lowest BCUT2D eigenvalue weighted by atomic mass is 9.98. The molecule has 0 spiro atoms. The first-order valence-corrected chi connectivity index (χ1v) is 10.2. The summed E-state index contributed by atoms with van der Waals surface area (Å²) in [7, 11) is 0. The average Bonchev–Trinajstić information content (AvgIpc) is 3.24. The lowest BCUT2D eigenvalue weighted by Gasteiger charge is -2.29. The molecule has 1 amide bonds. The van der Waals surface area contributed by atoms with E-state index < -0.39 is 0 Å². The van der Waals surface area contributed by atoms with Crippen LogP contribution < -0.4 is 5.32 Å². The van der Waals surface area contributed by atoms with Gasteiger partial charge in [0, 0.05) is 11.4 Å². The first kappa shape index (κ1) is 19.3. The second-order valence-corrected chi connectivity index (χ2v) is 7.61. The average molecular weight is 379 g/mol. The SMILES string of the molecule is CCN(Cc1cccs1)[C@@H](C)C(=O)NC(c1ccccc1)c1ccccc1. The van der Waals surface area contributed by atoms with Gasteiger partial charge in [-0.25, -0.2) is 0 Å². The van der Waals surface area contributed by atoms with Gasteiger partial charge in [0.1, 0.15) is 0 Å². The zero-order valence-electron chi connectivity index (χ0n) is 15.8. The normalized spacial score (nSPS) is 12.3. The van der Waals surface area contributed by atoms with Crippen molar-refractivity contribution in [2.24, 2.45) is 0 Å². The van der Waals surface area contributed by atoms with E-state index >= 15 is 0 Å². The van der Waals surface area contributed by atoms with E-state index in [1.54, 1.807) is 11.3 Å². The molecule has 0 unspecified atom stereocenters. The summed E-state index contributed by atoms with van der Waals surface area (Å²) in [5.74, 6) is 0.0473. The van der Waals surface area contributed by atoms with Crippen LogP contribution >= 0.6 is 11.3 Å². The fraction of sp³-hybridized carbons (Fsp3) is 0.261. The minimum absolute atomic E-state index is 0.0473. The standard InChI is InChI=1S/C23H26N2OS/c1-3-25(17-21-15-10-16-27-21)18(2)23(26)24-22(19-11-6-4-7-12-19)20-13-8-5-9-14-20/h4-16,18,22H,3,17H2,1-2H3,(H,24,26)/t18-/m0/s1. The van der Waals surface area contributed by atoms with Gasteiger partial charge in [-0.2, -0.15) is 0 Å². The maximum atomic E-state index is 13.1. The van der Waals surface area contributed by atoms with Gasteiger partial charge in [0.25, 0.3) is 0 Å². The van der Waals surface area contributed by atoms with Crippen molar-refractivity contribution in [3.8, 4) is 0 Å². The summed E-state index contributed by atoms with van der Waals surface area (Å²) in [6, 6.07) is 24.1. The summed E-state index contributed by atoms with van der Waals surface area (Å²) in [6.45, 7) is 5.71. The van der Waals surface area contributed by atoms with Gasteiger partial charge in [-0.15, -0.1) is 11.3 Å². The number of thiophene rings is 1. The van der Waals surface area contributed by atoms with Gasteiger partial charge in [-0.1, -0.05) is 73.7 Å². The molecule has 27 heavy (non-hydrogen) atoms. The predicted molar refractivity (Wildman–Crippen MR) is 113 cm³/mol. The predicted octanol–water partition coefficient (Wildman–Crippen LogP) is 4.86. The Labute approximate surface area is 165 Å². The van der Waals surface area contributed by atoms with Crippen LogP contribution in [0.15, 0.2) is 78.2 Å². The summed E-state index contributed by atoms with van der Waals surface area (Å²) in [4.78, 5) is 16.6. The molecule has 0 aliphatic rings. The van der Waals surface area contributed by atoms with E-state index in [4.69, 9.17) is 0 Å². The smallest absolute Gasteiger partial charge is 0.237 e.